The summed E-state index contributed by atoms with van der Waals surface area (Å²) in [5.41, 5.74) is 0.618. The van der Waals surface area contributed by atoms with Gasteiger partial charge in [-0.3, -0.25) is 4.79 Å². The standard InChI is InChI=1S/C20H28F2N2O2/c1-26-17-8-6-15(7-9-17)19(25)23-18-5-3-2-4-16(18)14-24-12-10-20(21,22)11-13-24/h6-9,16,18H,2-5,10-14H2,1H3,(H,23,25)/t16-,18+/m0/s1. The summed E-state index contributed by atoms with van der Waals surface area (Å²) >= 11 is 0. The average Bonchev–Trinajstić information content (AvgIpc) is 2.65. The van der Waals surface area contributed by atoms with Crippen molar-refractivity contribution in [3.8, 4) is 5.75 Å². The Morgan fingerprint density at radius 1 is 1.19 bits per heavy atom. The summed E-state index contributed by atoms with van der Waals surface area (Å²) in [5, 5.41) is 3.17. The largest absolute Gasteiger partial charge is 0.497 e. The van der Waals surface area contributed by atoms with E-state index in [-0.39, 0.29) is 24.8 Å². The zero-order valence-corrected chi connectivity index (χ0v) is 15.3. The van der Waals surface area contributed by atoms with Gasteiger partial charge in [0.15, 0.2) is 0 Å². The Hall–Kier alpha value is -1.69. The molecule has 2 atom stereocenters. The molecule has 2 aliphatic rings. The molecule has 1 amide bonds. The van der Waals surface area contributed by atoms with E-state index in [1.165, 1.54) is 0 Å². The van der Waals surface area contributed by atoms with E-state index < -0.39 is 5.92 Å². The molecule has 1 N–H and O–H groups in total. The molecule has 26 heavy (non-hydrogen) atoms. The third-order valence-electron chi connectivity index (χ3n) is 5.66. The van der Waals surface area contributed by atoms with Crippen LogP contribution in [0.1, 0.15) is 48.9 Å². The number of nitrogens with one attached hydrogen (secondary N) is 1. The first kappa shape index (κ1) is 19.1. The van der Waals surface area contributed by atoms with Crippen LogP contribution in [0.3, 0.4) is 0 Å². The number of carbonyl (C=O) groups is 1. The molecular weight excluding hydrogens is 338 g/mol. The summed E-state index contributed by atoms with van der Waals surface area (Å²) in [6, 6.07) is 7.19. The molecule has 1 aromatic rings. The zero-order valence-electron chi connectivity index (χ0n) is 15.3. The number of carbonyl (C=O) groups excluding carboxylic acids is 1. The number of piperidine rings is 1. The van der Waals surface area contributed by atoms with Crippen molar-refractivity contribution in [1.29, 1.82) is 0 Å². The topological polar surface area (TPSA) is 41.6 Å². The highest BCUT2D eigenvalue weighted by atomic mass is 19.3. The first-order chi connectivity index (χ1) is 12.5. The minimum atomic E-state index is -2.51. The lowest BCUT2D eigenvalue weighted by Crippen LogP contribution is -2.48. The second-order valence-corrected chi connectivity index (χ2v) is 7.51. The van der Waals surface area contributed by atoms with Crippen molar-refractivity contribution in [2.45, 2.75) is 50.5 Å². The summed E-state index contributed by atoms with van der Waals surface area (Å²) in [4.78, 5) is 14.7. The number of benzene rings is 1. The van der Waals surface area contributed by atoms with Gasteiger partial charge in [-0.05, 0) is 43.0 Å². The quantitative estimate of drug-likeness (QED) is 0.864. The van der Waals surface area contributed by atoms with Gasteiger partial charge in [-0.2, -0.15) is 0 Å². The zero-order chi connectivity index (χ0) is 18.6. The van der Waals surface area contributed by atoms with Crippen LogP contribution in [0.5, 0.6) is 5.75 Å². The molecule has 0 radical (unpaired) electrons. The maximum Gasteiger partial charge on any atom is 0.251 e. The summed E-state index contributed by atoms with van der Waals surface area (Å²) in [5.74, 6) is -1.53. The number of nitrogens with zero attached hydrogens (tertiary/aromatic N) is 1. The van der Waals surface area contributed by atoms with E-state index in [9.17, 15) is 13.6 Å². The third kappa shape index (κ3) is 4.93. The maximum atomic E-state index is 13.4. The van der Waals surface area contributed by atoms with Gasteiger partial charge in [0.1, 0.15) is 5.75 Å². The Bertz CT molecular complexity index is 596. The molecule has 0 unspecified atom stereocenters. The van der Waals surface area contributed by atoms with E-state index in [1.807, 2.05) is 0 Å². The number of hydrogen-bond acceptors (Lipinski definition) is 3. The maximum absolute atomic E-state index is 13.4. The number of hydrogen-bond donors (Lipinski definition) is 1. The van der Waals surface area contributed by atoms with Crippen molar-refractivity contribution in [3.05, 3.63) is 29.8 Å². The van der Waals surface area contributed by atoms with Gasteiger partial charge in [0.25, 0.3) is 11.8 Å². The fourth-order valence-electron chi connectivity index (χ4n) is 4.00. The lowest BCUT2D eigenvalue weighted by Gasteiger charge is -2.38. The number of amides is 1. The van der Waals surface area contributed by atoms with E-state index >= 15 is 0 Å². The van der Waals surface area contributed by atoms with E-state index in [4.69, 9.17) is 4.74 Å². The number of methoxy groups -OCH3 is 1. The molecule has 6 heteroatoms. The minimum Gasteiger partial charge on any atom is -0.497 e. The van der Waals surface area contributed by atoms with Crippen molar-refractivity contribution in [3.63, 3.8) is 0 Å². The lowest BCUT2D eigenvalue weighted by atomic mass is 9.83. The van der Waals surface area contributed by atoms with E-state index in [1.54, 1.807) is 31.4 Å². The molecule has 0 spiro atoms. The van der Waals surface area contributed by atoms with Gasteiger partial charge >= 0.3 is 0 Å². The fraction of sp³-hybridized carbons (Fsp3) is 0.650. The van der Waals surface area contributed by atoms with E-state index in [0.717, 1.165) is 38.0 Å². The number of rotatable bonds is 5. The number of halogens is 2. The van der Waals surface area contributed by atoms with E-state index in [2.05, 4.69) is 10.2 Å². The predicted octanol–water partition coefficient (Wildman–Crippen LogP) is 3.71. The van der Waals surface area contributed by atoms with Gasteiger partial charge in [0.05, 0.1) is 7.11 Å². The van der Waals surface area contributed by atoms with Crippen LogP contribution in [0, 0.1) is 5.92 Å². The van der Waals surface area contributed by atoms with E-state index in [0.29, 0.717) is 24.6 Å². The van der Waals surface area contributed by atoms with Crippen LogP contribution in [-0.4, -0.2) is 49.5 Å². The average molecular weight is 366 g/mol. The first-order valence-electron chi connectivity index (χ1n) is 9.52. The van der Waals surface area contributed by atoms with Crippen LogP contribution < -0.4 is 10.1 Å². The molecule has 144 valence electrons. The normalized spacial score (nSPS) is 26.3. The first-order valence-corrected chi connectivity index (χ1v) is 9.52. The Kier molecular flexibility index (Phi) is 6.12. The van der Waals surface area contributed by atoms with Crippen LogP contribution in [0.15, 0.2) is 24.3 Å². The molecule has 1 aliphatic carbocycles. The molecule has 1 aromatic carbocycles. The monoisotopic (exact) mass is 366 g/mol. The highest BCUT2D eigenvalue weighted by Crippen LogP contribution is 2.31. The Morgan fingerprint density at radius 3 is 2.50 bits per heavy atom. The molecule has 1 heterocycles. The minimum absolute atomic E-state index is 0.0530. The van der Waals surface area contributed by atoms with Crippen molar-refractivity contribution >= 4 is 5.91 Å². The molecule has 1 aliphatic heterocycles. The van der Waals surface area contributed by atoms with Crippen molar-refractivity contribution in [2.75, 3.05) is 26.7 Å². The molecule has 0 bridgehead atoms. The summed E-state index contributed by atoms with van der Waals surface area (Å²) < 4.78 is 31.8. The van der Waals surface area contributed by atoms with Crippen LogP contribution in [0.25, 0.3) is 0 Å². The molecule has 4 nitrogen and oxygen atoms in total. The molecule has 1 saturated heterocycles. The second-order valence-electron chi connectivity index (χ2n) is 7.51. The Balaban J connectivity index is 1.57. The highest BCUT2D eigenvalue weighted by molar-refractivity contribution is 5.94. The third-order valence-corrected chi connectivity index (χ3v) is 5.66. The lowest BCUT2D eigenvalue weighted by molar-refractivity contribution is -0.0586. The van der Waals surface area contributed by atoms with Crippen molar-refractivity contribution in [1.82, 2.24) is 10.2 Å². The van der Waals surface area contributed by atoms with Crippen molar-refractivity contribution < 1.29 is 18.3 Å². The highest BCUT2D eigenvalue weighted by Gasteiger charge is 2.36. The van der Waals surface area contributed by atoms with Gasteiger partial charge < -0.3 is 15.0 Å². The van der Waals surface area contributed by atoms with Crippen LogP contribution >= 0.6 is 0 Å². The van der Waals surface area contributed by atoms with Crippen molar-refractivity contribution in [2.24, 2.45) is 5.92 Å². The number of ether oxygens (including phenoxy) is 1. The van der Waals surface area contributed by atoms with Gasteiger partial charge in [0.2, 0.25) is 0 Å². The summed E-state index contributed by atoms with van der Waals surface area (Å²) in [6.45, 7) is 1.69. The van der Waals surface area contributed by atoms with Crippen LogP contribution in [0.4, 0.5) is 8.78 Å². The molecule has 3 rings (SSSR count). The predicted molar refractivity (Wildman–Crippen MR) is 96.8 cm³/mol. The molecule has 0 aromatic heterocycles. The smallest absolute Gasteiger partial charge is 0.251 e. The summed E-state index contributed by atoms with van der Waals surface area (Å²) in [6.07, 6.45) is 4.13. The van der Waals surface area contributed by atoms with Crippen LogP contribution in [-0.2, 0) is 0 Å². The Morgan fingerprint density at radius 2 is 1.85 bits per heavy atom. The molecule has 1 saturated carbocycles. The number of likely N-dealkylation sites (tertiary alicyclic amines) is 1. The Labute approximate surface area is 153 Å². The SMILES string of the molecule is COc1ccc(C(=O)N[C@@H]2CCCC[C@H]2CN2CCC(F)(F)CC2)cc1. The fourth-order valence-corrected chi connectivity index (χ4v) is 4.00. The van der Waals surface area contributed by atoms with Gasteiger partial charge in [-0.25, -0.2) is 8.78 Å². The van der Waals surface area contributed by atoms with Gasteiger partial charge in [0, 0.05) is 44.1 Å². The molecule has 2 fully saturated rings. The molecular formula is C20H28F2N2O2. The summed E-state index contributed by atoms with van der Waals surface area (Å²) in [7, 11) is 1.60. The second kappa shape index (κ2) is 8.33. The van der Waals surface area contributed by atoms with Gasteiger partial charge in [-0.1, -0.05) is 12.8 Å². The number of alkyl halides is 2. The van der Waals surface area contributed by atoms with Crippen LogP contribution in [0.2, 0.25) is 0 Å². The van der Waals surface area contributed by atoms with Gasteiger partial charge in [-0.15, -0.1) is 0 Å².